The lowest BCUT2D eigenvalue weighted by molar-refractivity contribution is 0.0566. The summed E-state index contributed by atoms with van der Waals surface area (Å²) in [7, 11) is -3.14. The van der Waals surface area contributed by atoms with Gasteiger partial charge in [0.25, 0.3) is 0 Å². The van der Waals surface area contributed by atoms with Crippen LogP contribution in [0.15, 0.2) is 36.7 Å². The van der Waals surface area contributed by atoms with Gasteiger partial charge in [0.1, 0.15) is 17.9 Å². The molecule has 2 aliphatic heterocycles. The zero-order valence-electron chi connectivity index (χ0n) is 23.4. The predicted molar refractivity (Wildman–Crippen MR) is 153 cm³/mol. The van der Waals surface area contributed by atoms with Crippen molar-refractivity contribution in [1.82, 2.24) is 15.0 Å². The summed E-state index contributed by atoms with van der Waals surface area (Å²) in [6.07, 6.45) is 5.16. The number of benzene rings is 1. The van der Waals surface area contributed by atoms with Crippen molar-refractivity contribution in [3.63, 3.8) is 0 Å². The van der Waals surface area contributed by atoms with E-state index in [0.717, 1.165) is 35.5 Å². The first-order chi connectivity index (χ1) is 18.9. The fraction of sp³-hybridized carbons (Fsp3) is 0.429. The van der Waals surface area contributed by atoms with E-state index in [0.29, 0.717) is 48.5 Å². The molecule has 0 spiro atoms. The molecule has 1 N–H and O–H groups in total. The number of ether oxygens (including phenoxy) is 2. The van der Waals surface area contributed by atoms with E-state index in [1.54, 1.807) is 29.3 Å². The Kier molecular flexibility index (Phi) is 7.30. The molecule has 0 aliphatic carbocycles. The van der Waals surface area contributed by atoms with E-state index in [-0.39, 0.29) is 5.75 Å². The summed E-state index contributed by atoms with van der Waals surface area (Å²) in [5.41, 5.74) is 5.14. The lowest BCUT2D eigenvalue weighted by atomic mass is 10.0. The number of rotatable bonds is 5. The molecule has 0 atom stereocenters. The van der Waals surface area contributed by atoms with Crippen LogP contribution in [0.5, 0.6) is 5.88 Å². The molecule has 0 saturated carbocycles. The zero-order valence-corrected chi connectivity index (χ0v) is 24.2. The number of carbonyl (C=O) groups excluding carboxylic acids is 1. The number of hydrogen-bond donors (Lipinski definition) is 1. The highest BCUT2D eigenvalue weighted by molar-refractivity contribution is 7.89. The van der Waals surface area contributed by atoms with E-state index in [1.165, 1.54) is 6.26 Å². The Bertz CT molecular complexity index is 1550. The van der Waals surface area contributed by atoms with E-state index in [1.807, 2.05) is 40.0 Å². The second-order valence-electron chi connectivity index (χ2n) is 11.1. The highest BCUT2D eigenvalue weighted by Gasteiger charge is 2.32. The minimum atomic E-state index is -3.14. The van der Waals surface area contributed by atoms with Crippen LogP contribution >= 0.6 is 0 Å². The third kappa shape index (κ3) is 6.27. The Morgan fingerprint density at radius 3 is 2.73 bits per heavy atom. The van der Waals surface area contributed by atoms with Crippen LogP contribution in [0.4, 0.5) is 27.8 Å². The molecule has 11 nitrogen and oxygen atoms in total. The Morgan fingerprint density at radius 2 is 1.98 bits per heavy atom. The van der Waals surface area contributed by atoms with Crippen LogP contribution in [0, 0.1) is 6.92 Å². The normalized spacial score (nSPS) is 15.1. The van der Waals surface area contributed by atoms with Gasteiger partial charge in [-0.15, -0.1) is 0 Å². The van der Waals surface area contributed by atoms with Crippen LogP contribution in [0.3, 0.4) is 0 Å². The maximum absolute atomic E-state index is 13.0. The molecular formula is C28H34N6O5S. The molecule has 5 rings (SSSR count). The summed E-state index contributed by atoms with van der Waals surface area (Å²) in [5.74, 6) is 0.817. The Morgan fingerprint density at radius 1 is 1.18 bits per heavy atom. The lowest BCUT2D eigenvalue weighted by Gasteiger charge is -2.35. The van der Waals surface area contributed by atoms with Gasteiger partial charge in [0.2, 0.25) is 11.8 Å². The van der Waals surface area contributed by atoms with Gasteiger partial charge in [0, 0.05) is 30.2 Å². The number of sulfone groups is 1. The average molecular weight is 567 g/mol. The number of aromatic nitrogens is 3. The van der Waals surface area contributed by atoms with Crippen LogP contribution < -0.4 is 19.9 Å². The number of fused-ring (bicyclic) bond motifs is 2. The molecule has 3 aromatic rings. The fourth-order valence-electron chi connectivity index (χ4n) is 4.89. The van der Waals surface area contributed by atoms with Crippen molar-refractivity contribution in [3.8, 4) is 5.88 Å². The molecule has 2 aliphatic rings. The Hall–Kier alpha value is -3.93. The molecule has 1 amide bonds. The van der Waals surface area contributed by atoms with Gasteiger partial charge in [0.05, 0.1) is 36.4 Å². The van der Waals surface area contributed by atoms with Crippen molar-refractivity contribution < 1.29 is 22.7 Å². The van der Waals surface area contributed by atoms with Crippen LogP contribution in [-0.2, 0) is 33.3 Å². The van der Waals surface area contributed by atoms with Crippen LogP contribution in [0.25, 0.3) is 0 Å². The summed E-state index contributed by atoms with van der Waals surface area (Å²) >= 11 is 0. The van der Waals surface area contributed by atoms with E-state index in [9.17, 15) is 13.2 Å². The highest BCUT2D eigenvalue weighted by atomic mass is 32.2. The third-order valence-electron chi connectivity index (χ3n) is 6.58. The maximum atomic E-state index is 13.0. The summed E-state index contributed by atoms with van der Waals surface area (Å²) in [6, 6.07) is 7.22. The molecule has 0 radical (unpaired) electrons. The number of nitrogens with one attached hydrogen (secondary N) is 1. The van der Waals surface area contributed by atoms with Gasteiger partial charge in [-0.3, -0.25) is 4.90 Å². The van der Waals surface area contributed by atoms with Gasteiger partial charge < -0.3 is 19.7 Å². The lowest BCUT2D eigenvalue weighted by Crippen LogP contribution is -2.42. The van der Waals surface area contributed by atoms with E-state index in [2.05, 4.69) is 20.2 Å². The maximum Gasteiger partial charge on any atom is 0.415 e. The second kappa shape index (κ2) is 10.6. The smallest absolute Gasteiger partial charge is 0.415 e. The average Bonchev–Trinajstić information content (AvgIpc) is 2.86. The topological polar surface area (TPSA) is 127 Å². The fourth-order valence-corrected chi connectivity index (χ4v) is 5.67. The van der Waals surface area contributed by atoms with Crippen LogP contribution in [0.2, 0.25) is 0 Å². The summed E-state index contributed by atoms with van der Waals surface area (Å²) < 4.78 is 34.8. The minimum Gasteiger partial charge on any atom is -0.474 e. The van der Waals surface area contributed by atoms with Crippen molar-refractivity contribution in [2.45, 2.75) is 52.0 Å². The molecular weight excluding hydrogens is 532 g/mol. The number of amides is 1. The highest BCUT2D eigenvalue weighted by Crippen LogP contribution is 2.39. The van der Waals surface area contributed by atoms with Crippen molar-refractivity contribution in [2.75, 3.05) is 41.1 Å². The Labute approximate surface area is 234 Å². The predicted octanol–water partition coefficient (Wildman–Crippen LogP) is 4.16. The summed E-state index contributed by atoms with van der Waals surface area (Å²) in [5, 5.41) is 3.20. The van der Waals surface area contributed by atoms with Crippen molar-refractivity contribution in [1.29, 1.82) is 0 Å². The summed E-state index contributed by atoms with van der Waals surface area (Å²) in [6.45, 7) is 9.50. The number of pyridine rings is 1. The van der Waals surface area contributed by atoms with Crippen LogP contribution in [0.1, 0.15) is 43.2 Å². The molecule has 40 heavy (non-hydrogen) atoms. The van der Waals surface area contributed by atoms with E-state index >= 15 is 0 Å². The van der Waals surface area contributed by atoms with Gasteiger partial charge in [0.15, 0.2) is 9.84 Å². The van der Waals surface area contributed by atoms with Gasteiger partial charge in [-0.05, 0) is 57.4 Å². The third-order valence-corrected chi connectivity index (χ3v) is 7.44. The minimum absolute atomic E-state index is 0.0346. The van der Waals surface area contributed by atoms with Gasteiger partial charge in [-0.2, -0.15) is 0 Å². The molecule has 1 aromatic carbocycles. The van der Waals surface area contributed by atoms with E-state index < -0.39 is 21.5 Å². The van der Waals surface area contributed by atoms with E-state index in [4.69, 9.17) is 14.5 Å². The first-order valence-corrected chi connectivity index (χ1v) is 15.2. The molecule has 0 unspecified atom stereocenters. The Balaban J connectivity index is 1.38. The first kappa shape index (κ1) is 27.6. The van der Waals surface area contributed by atoms with Gasteiger partial charge in [-0.1, -0.05) is 12.1 Å². The number of carbonyl (C=O) groups is 1. The quantitative estimate of drug-likeness (QED) is 0.481. The summed E-state index contributed by atoms with van der Waals surface area (Å²) in [4.78, 5) is 30.6. The molecule has 0 fully saturated rings. The van der Waals surface area contributed by atoms with Crippen molar-refractivity contribution >= 4 is 38.9 Å². The molecule has 2 aromatic heterocycles. The molecule has 212 valence electrons. The van der Waals surface area contributed by atoms with Crippen LogP contribution in [-0.4, -0.2) is 61.0 Å². The molecule has 4 heterocycles. The molecule has 12 heteroatoms. The SMILES string of the molecule is Cc1c(N2CCc3cnc(Nc4cccc(CS(C)(=O)=O)c4)nc3C2)cnc2c1N(C(=O)OC(C)(C)C)CCO2. The van der Waals surface area contributed by atoms with Crippen molar-refractivity contribution in [3.05, 3.63) is 59.0 Å². The van der Waals surface area contributed by atoms with Gasteiger partial charge in [-0.25, -0.2) is 28.2 Å². The number of anilines is 4. The van der Waals surface area contributed by atoms with Crippen molar-refractivity contribution in [2.24, 2.45) is 0 Å². The largest absolute Gasteiger partial charge is 0.474 e. The first-order valence-electron chi connectivity index (χ1n) is 13.1. The monoisotopic (exact) mass is 566 g/mol. The number of hydrogen-bond acceptors (Lipinski definition) is 10. The number of nitrogens with zero attached hydrogens (tertiary/aromatic N) is 5. The second-order valence-corrected chi connectivity index (χ2v) is 13.3. The standard InChI is InChI=1S/C28H34N6O5S/c1-18-23(15-29-25-24(18)34(11-12-38-25)27(35)39-28(2,3)4)33-10-9-20-14-30-26(32-22(20)16-33)31-21-8-6-7-19(13-21)17-40(5,36)37/h6-8,13-15H,9-12,16-17H2,1-5H3,(H,30,31,32). The van der Waals surface area contributed by atoms with Gasteiger partial charge >= 0.3 is 6.09 Å². The molecule has 0 saturated heterocycles. The molecule has 0 bridgehead atoms. The zero-order chi connectivity index (χ0) is 28.7.